The highest BCUT2D eigenvalue weighted by Crippen LogP contribution is 2.15. The van der Waals surface area contributed by atoms with Gasteiger partial charge in [-0.2, -0.15) is 0 Å². The van der Waals surface area contributed by atoms with Crippen molar-refractivity contribution in [1.82, 2.24) is 15.1 Å². The zero-order valence-corrected chi connectivity index (χ0v) is 18.6. The van der Waals surface area contributed by atoms with Crippen LogP contribution in [-0.2, 0) is 10.8 Å². The van der Waals surface area contributed by atoms with Crippen LogP contribution in [-0.4, -0.2) is 71.5 Å². The first-order valence-electron chi connectivity index (χ1n) is 8.82. The van der Waals surface area contributed by atoms with Crippen molar-refractivity contribution in [3.8, 4) is 0 Å². The molecule has 7 heteroatoms. The molecule has 0 aromatic heterocycles. The van der Waals surface area contributed by atoms with Gasteiger partial charge in [0.2, 0.25) is 0 Å². The lowest BCUT2D eigenvalue weighted by molar-refractivity contribution is 0.223. The summed E-state index contributed by atoms with van der Waals surface area (Å²) in [6.45, 7) is 9.34. The van der Waals surface area contributed by atoms with E-state index in [2.05, 4.69) is 34.0 Å². The minimum atomic E-state index is -0.965. The van der Waals surface area contributed by atoms with Crippen molar-refractivity contribution in [3.63, 3.8) is 0 Å². The summed E-state index contributed by atoms with van der Waals surface area (Å²) in [7, 11) is 0.856. The number of nitrogens with one attached hydrogen (secondary N) is 1. The molecule has 1 aliphatic heterocycles. The molecular formula is C18H31IN4OS. The highest BCUT2D eigenvalue weighted by atomic mass is 127. The molecule has 0 amide bonds. The Bertz CT molecular complexity index is 551. The summed E-state index contributed by atoms with van der Waals surface area (Å²) in [6.07, 6.45) is 1.18. The molecule has 142 valence electrons. The van der Waals surface area contributed by atoms with Crippen LogP contribution in [0.3, 0.4) is 0 Å². The number of nitrogens with zero attached hydrogens (tertiary/aromatic N) is 3. The number of benzene rings is 1. The Morgan fingerprint density at radius 2 is 2.00 bits per heavy atom. The molecule has 0 aliphatic carbocycles. The Balaban J connectivity index is 0.00000312. The molecule has 1 saturated heterocycles. The SMILES string of the molecule is CCN(CC)C1CCN(C(=NC)NCCS(=O)c2ccccc2)C1.I. The Hall–Kier alpha value is -0.670. The number of halogens is 1. The van der Waals surface area contributed by atoms with Gasteiger partial charge in [-0.1, -0.05) is 32.0 Å². The summed E-state index contributed by atoms with van der Waals surface area (Å²) < 4.78 is 12.3. The normalized spacial score (nSPS) is 19.0. The highest BCUT2D eigenvalue weighted by Gasteiger charge is 2.27. The molecule has 25 heavy (non-hydrogen) atoms. The molecule has 2 unspecified atom stereocenters. The van der Waals surface area contributed by atoms with Crippen LogP contribution in [0.4, 0.5) is 0 Å². The van der Waals surface area contributed by atoms with Gasteiger partial charge in [-0.15, -0.1) is 24.0 Å². The van der Waals surface area contributed by atoms with Crippen LogP contribution in [0, 0.1) is 0 Å². The van der Waals surface area contributed by atoms with Gasteiger partial charge in [-0.25, -0.2) is 0 Å². The van der Waals surface area contributed by atoms with Crippen molar-refractivity contribution in [2.75, 3.05) is 45.5 Å². The van der Waals surface area contributed by atoms with Gasteiger partial charge in [0.1, 0.15) is 0 Å². The van der Waals surface area contributed by atoms with Crippen molar-refractivity contribution in [2.45, 2.75) is 31.2 Å². The third-order valence-corrected chi connectivity index (χ3v) is 5.95. The molecule has 5 nitrogen and oxygen atoms in total. The smallest absolute Gasteiger partial charge is 0.193 e. The topological polar surface area (TPSA) is 47.9 Å². The summed E-state index contributed by atoms with van der Waals surface area (Å²) >= 11 is 0. The van der Waals surface area contributed by atoms with Crippen LogP contribution in [0.25, 0.3) is 0 Å². The Morgan fingerprint density at radius 3 is 2.60 bits per heavy atom. The van der Waals surface area contributed by atoms with E-state index in [1.54, 1.807) is 0 Å². The fourth-order valence-electron chi connectivity index (χ4n) is 3.25. The van der Waals surface area contributed by atoms with Crippen molar-refractivity contribution in [3.05, 3.63) is 30.3 Å². The Morgan fingerprint density at radius 1 is 1.32 bits per heavy atom. The monoisotopic (exact) mass is 478 g/mol. The molecule has 1 fully saturated rings. The van der Waals surface area contributed by atoms with Gasteiger partial charge < -0.3 is 10.2 Å². The number of hydrogen-bond acceptors (Lipinski definition) is 3. The zero-order valence-electron chi connectivity index (χ0n) is 15.5. The number of aliphatic imine (C=N–C) groups is 1. The Kier molecular flexibility index (Phi) is 10.6. The molecule has 2 atom stereocenters. The van der Waals surface area contributed by atoms with E-state index in [1.807, 2.05) is 37.4 Å². The second-order valence-corrected chi connectivity index (χ2v) is 7.52. The number of guanidine groups is 1. The van der Waals surface area contributed by atoms with Gasteiger partial charge in [0, 0.05) is 43.4 Å². The first-order valence-corrected chi connectivity index (χ1v) is 10.1. The predicted octanol–water partition coefficient (Wildman–Crippen LogP) is 2.40. The third-order valence-electron chi connectivity index (χ3n) is 4.58. The standard InChI is InChI=1S/C18H30N4OS.HI/c1-4-21(5-2)16-11-13-22(15-16)18(19-3)20-12-14-24(23)17-9-7-6-8-10-17;/h6-10,16H,4-5,11-15H2,1-3H3,(H,19,20);1H. The van der Waals surface area contributed by atoms with E-state index in [0.717, 1.165) is 37.0 Å². The Labute approximate surface area is 171 Å². The second kappa shape index (κ2) is 11.9. The predicted molar refractivity (Wildman–Crippen MR) is 117 cm³/mol. The highest BCUT2D eigenvalue weighted by molar-refractivity contribution is 14.0. The van der Waals surface area contributed by atoms with Gasteiger partial charge in [-0.05, 0) is 31.6 Å². The minimum absolute atomic E-state index is 0. The molecule has 0 spiro atoms. The maximum Gasteiger partial charge on any atom is 0.193 e. The fraction of sp³-hybridized carbons (Fsp3) is 0.611. The summed E-state index contributed by atoms with van der Waals surface area (Å²) in [5, 5.41) is 3.37. The van der Waals surface area contributed by atoms with E-state index < -0.39 is 10.8 Å². The summed E-state index contributed by atoms with van der Waals surface area (Å²) in [5.41, 5.74) is 0. The molecule has 2 rings (SSSR count). The van der Waals surface area contributed by atoms with Crippen molar-refractivity contribution in [2.24, 2.45) is 4.99 Å². The van der Waals surface area contributed by atoms with Gasteiger partial charge in [0.05, 0.1) is 10.8 Å². The van der Waals surface area contributed by atoms with Crippen LogP contribution in [0.2, 0.25) is 0 Å². The average molecular weight is 478 g/mol. The van der Waals surface area contributed by atoms with E-state index in [1.165, 1.54) is 6.42 Å². The van der Waals surface area contributed by atoms with Gasteiger partial charge >= 0.3 is 0 Å². The van der Waals surface area contributed by atoms with Crippen molar-refractivity contribution >= 4 is 40.7 Å². The van der Waals surface area contributed by atoms with Crippen molar-refractivity contribution < 1.29 is 4.21 Å². The molecule has 1 aromatic carbocycles. The van der Waals surface area contributed by atoms with E-state index in [4.69, 9.17) is 0 Å². The number of likely N-dealkylation sites (N-methyl/N-ethyl adjacent to an activating group) is 1. The number of hydrogen-bond donors (Lipinski definition) is 1. The van der Waals surface area contributed by atoms with E-state index in [-0.39, 0.29) is 24.0 Å². The van der Waals surface area contributed by atoms with Gasteiger partial charge in [0.25, 0.3) is 0 Å². The van der Waals surface area contributed by atoms with Crippen LogP contribution in [0.15, 0.2) is 40.2 Å². The quantitative estimate of drug-likeness (QED) is 0.372. The lowest BCUT2D eigenvalue weighted by atomic mass is 10.2. The summed E-state index contributed by atoms with van der Waals surface area (Å²) in [5.74, 6) is 1.52. The third kappa shape index (κ3) is 6.53. The zero-order chi connectivity index (χ0) is 17.4. The first kappa shape index (κ1) is 22.4. The van der Waals surface area contributed by atoms with Gasteiger partial charge in [-0.3, -0.25) is 14.1 Å². The second-order valence-electron chi connectivity index (χ2n) is 5.95. The first-order chi connectivity index (χ1) is 11.7. The average Bonchev–Trinajstić information content (AvgIpc) is 3.10. The lowest BCUT2D eigenvalue weighted by Crippen LogP contribution is -2.44. The maximum absolute atomic E-state index is 12.3. The molecule has 1 heterocycles. The molecular weight excluding hydrogens is 447 g/mol. The van der Waals surface area contributed by atoms with Crippen LogP contribution >= 0.6 is 24.0 Å². The van der Waals surface area contributed by atoms with E-state index in [0.29, 0.717) is 18.3 Å². The van der Waals surface area contributed by atoms with E-state index >= 15 is 0 Å². The summed E-state index contributed by atoms with van der Waals surface area (Å²) in [4.78, 5) is 10.1. The maximum atomic E-state index is 12.3. The van der Waals surface area contributed by atoms with Crippen LogP contribution in [0.1, 0.15) is 20.3 Å². The fourth-order valence-corrected chi connectivity index (χ4v) is 4.23. The van der Waals surface area contributed by atoms with E-state index in [9.17, 15) is 4.21 Å². The molecule has 1 aromatic rings. The molecule has 0 bridgehead atoms. The molecule has 0 saturated carbocycles. The number of likely N-dealkylation sites (tertiary alicyclic amines) is 1. The summed E-state index contributed by atoms with van der Waals surface area (Å²) in [6, 6.07) is 10.2. The lowest BCUT2D eigenvalue weighted by Gasteiger charge is -2.27. The van der Waals surface area contributed by atoms with Crippen molar-refractivity contribution in [1.29, 1.82) is 0 Å². The largest absolute Gasteiger partial charge is 0.355 e. The van der Waals surface area contributed by atoms with Crippen LogP contribution < -0.4 is 5.32 Å². The molecule has 0 radical (unpaired) electrons. The molecule has 1 N–H and O–H groups in total. The van der Waals surface area contributed by atoms with Crippen LogP contribution in [0.5, 0.6) is 0 Å². The number of rotatable bonds is 7. The molecule has 1 aliphatic rings. The van der Waals surface area contributed by atoms with Gasteiger partial charge in [0.15, 0.2) is 5.96 Å². The minimum Gasteiger partial charge on any atom is -0.355 e.